The first kappa shape index (κ1) is 18.3. The van der Waals surface area contributed by atoms with Gasteiger partial charge in [-0.05, 0) is 42.5 Å². The third-order valence-electron chi connectivity index (χ3n) is 5.45. The van der Waals surface area contributed by atoms with Crippen LogP contribution in [0.3, 0.4) is 0 Å². The number of benzene rings is 4. The quantitative estimate of drug-likeness (QED) is 0.402. The van der Waals surface area contributed by atoms with E-state index < -0.39 is 0 Å². The van der Waals surface area contributed by atoms with E-state index in [4.69, 9.17) is 5.26 Å². The molecule has 1 heterocycles. The fourth-order valence-corrected chi connectivity index (χ4v) is 4.13. The molecule has 1 aromatic heterocycles. The summed E-state index contributed by atoms with van der Waals surface area (Å²) in [5.41, 5.74) is 3.59. The van der Waals surface area contributed by atoms with Crippen molar-refractivity contribution in [2.24, 2.45) is 0 Å². The Hall–Kier alpha value is -4.74. The number of phenols is 2. The molecule has 0 radical (unpaired) electrons. The topological polar surface area (TPSA) is 93.0 Å². The first-order valence-corrected chi connectivity index (χ1v) is 9.61. The molecule has 0 amide bonds. The SMILES string of the molecule is N#Cc1cc(O)c(-c2cc(-n3c4ccccc4c4ccccc43)ccc2O)c(C#N)c1. The predicted octanol–water partition coefficient (Wildman–Crippen LogP) is 5.61. The van der Waals surface area contributed by atoms with Gasteiger partial charge in [0, 0.05) is 27.6 Å². The third-order valence-corrected chi connectivity index (χ3v) is 5.45. The Labute approximate surface area is 177 Å². The molecule has 0 aliphatic carbocycles. The van der Waals surface area contributed by atoms with Crippen molar-refractivity contribution >= 4 is 21.8 Å². The maximum Gasteiger partial charge on any atom is 0.126 e. The number of hydrogen-bond acceptors (Lipinski definition) is 4. The maximum atomic E-state index is 10.6. The van der Waals surface area contributed by atoms with E-state index in [1.54, 1.807) is 18.2 Å². The molecule has 5 heteroatoms. The minimum Gasteiger partial charge on any atom is -0.507 e. The van der Waals surface area contributed by atoms with Crippen molar-refractivity contribution in [3.8, 4) is 40.5 Å². The number of phenolic OH excluding ortho intramolecular Hbond substituents is 2. The summed E-state index contributed by atoms with van der Waals surface area (Å²) in [6, 6.07) is 27.9. The van der Waals surface area contributed by atoms with Crippen LogP contribution in [0.4, 0.5) is 0 Å². The van der Waals surface area contributed by atoms with Crippen LogP contribution >= 0.6 is 0 Å². The van der Waals surface area contributed by atoms with Gasteiger partial charge in [0.1, 0.15) is 11.5 Å². The largest absolute Gasteiger partial charge is 0.507 e. The minimum absolute atomic E-state index is 0.0685. The molecule has 0 atom stereocenters. The third kappa shape index (κ3) is 2.77. The van der Waals surface area contributed by atoms with Crippen molar-refractivity contribution < 1.29 is 10.2 Å². The normalized spacial score (nSPS) is 10.8. The van der Waals surface area contributed by atoms with E-state index in [0.717, 1.165) is 27.5 Å². The molecule has 0 saturated carbocycles. The van der Waals surface area contributed by atoms with E-state index in [0.29, 0.717) is 5.56 Å². The minimum atomic E-state index is -0.231. The Morgan fingerprint density at radius 1 is 0.677 bits per heavy atom. The second-order valence-electron chi connectivity index (χ2n) is 7.21. The van der Waals surface area contributed by atoms with Crippen molar-refractivity contribution in [3.63, 3.8) is 0 Å². The standard InChI is InChI=1S/C26H15N3O2/c27-14-16-11-17(15-28)26(25(31)12-16)21-13-18(9-10-24(21)30)29-22-7-3-1-5-19(22)20-6-2-4-8-23(20)29/h1-13,30-31H. The lowest BCUT2D eigenvalue weighted by molar-refractivity contribution is 0.469. The first-order valence-electron chi connectivity index (χ1n) is 9.61. The average Bonchev–Trinajstić information content (AvgIpc) is 3.14. The lowest BCUT2D eigenvalue weighted by Crippen LogP contribution is -1.96. The Morgan fingerprint density at radius 2 is 1.32 bits per heavy atom. The molecule has 146 valence electrons. The second-order valence-corrected chi connectivity index (χ2v) is 7.21. The Bertz CT molecular complexity index is 1530. The molecule has 0 unspecified atom stereocenters. The van der Waals surface area contributed by atoms with Crippen molar-refractivity contribution in [1.82, 2.24) is 4.57 Å². The van der Waals surface area contributed by atoms with Crippen LogP contribution in [-0.2, 0) is 0 Å². The first-order chi connectivity index (χ1) is 15.1. The number of aromatic hydroxyl groups is 2. The molecular weight excluding hydrogens is 386 g/mol. The fourth-order valence-electron chi connectivity index (χ4n) is 4.13. The van der Waals surface area contributed by atoms with Gasteiger partial charge < -0.3 is 14.8 Å². The summed E-state index contributed by atoms with van der Waals surface area (Å²) >= 11 is 0. The lowest BCUT2D eigenvalue weighted by Gasteiger charge is -2.14. The molecular formula is C26H15N3O2. The average molecular weight is 401 g/mol. The number of fused-ring (bicyclic) bond motifs is 3. The fraction of sp³-hybridized carbons (Fsp3) is 0. The molecule has 4 aromatic carbocycles. The Balaban J connectivity index is 1.83. The molecule has 0 saturated heterocycles. The molecule has 0 aliphatic heterocycles. The summed E-state index contributed by atoms with van der Waals surface area (Å²) in [5.74, 6) is -0.300. The highest BCUT2D eigenvalue weighted by molar-refractivity contribution is 6.09. The molecule has 0 bridgehead atoms. The smallest absolute Gasteiger partial charge is 0.126 e. The molecule has 0 spiro atoms. The van der Waals surface area contributed by atoms with Crippen LogP contribution in [0.15, 0.2) is 78.9 Å². The molecule has 5 rings (SSSR count). The Kier molecular flexibility index (Phi) is 4.10. The molecule has 2 N–H and O–H groups in total. The highest BCUT2D eigenvalue weighted by Gasteiger charge is 2.18. The number of para-hydroxylation sites is 2. The summed E-state index contributed by atoms with van der Waals surface area (Å²) in [4.78, 5) is 0. The van der Waals surface area contributed by atoms with Gasteiger partial charge in [-0.2, -0.15) is 10.5 Å². The number of nitriles is 2. The maximum absolute atomic E-state index is 10.6. The van der Waals surface area contributed by atoms with E-state index in [1.165, 1.54) is 12.1 Å². The van der Waals surface area contributed by atoms with Gasteiger partial charge in [-0.3, -0.25) is 0 Å². The number of aromatic nitrogens is 1. The van der Waals surface area contributed by atoms with Gasteiger partial charge >= 0.3 is 0 Å². The lowest BCUT2D eigenvalue weighted by atomic mass is 9.96. The Morgan fingerprint density at radius 3 is 1.94 bits per heavy atom. The molecule has 5 nitrogen and oxygen atoms in total. The van der Waals surface area contributed by atoms with Gasteiger partial charge in [-0.1, -0.05) is 36.4 Å². The summed E-state index contributed by atoms with van der Waals surface area (Å²) in [6.07, 6.45) is 0. The van der Waals surface area contributed by atoms with Gasteiger partial charge in [0.05, 0.1) is 34.3 Å². The zero-order valence-corrected chi connectivity index (χ0v) is 16.2. The van der Waals surface area contributed by atoms with Crippen molar-refractivity contribution in [3.05, 3.63) is 90.0 Å². The summed E-state index contributed by atoms with van der Waals surface area (Å²) in [6.45, 7) is 0. The number of hydrogen-bond donors (Lipinski definition) is 2. The number of rotatable bonds is 2. The van der Waals surface area contributed by atoms with Gasteiger partial charge in [0.2, 0.25) is 0 Å². The highest BCUT2D eigenvalue weighted by atomic mass is 16.3. The van der Waals surface area contributed by atoms with E-state index in [1.807, 2.05) is 48.5 Å². The highest BCUT2D eigenvalue weighted by Crippen LogP contribution is 2.41. The zero-order valence-electron chi connectivity index (χ0n) is 16.2. The van der Waals surface area contributed by atoms with Crippen LogP contribution in [0.5, 0.6) is 11.5 Å². The van der Waals surface area contributed by atoms with Crippen molar-refractivity contribution in [2.75, 3.05) is 0 Å². The van der Waals surface area contributed by atoms with E-state index in [9.17, 15) is 15.5 Å². The summed E-state index contributed by atoms with van der Waals surface area (Å²) in [5, 5.41) is 42.1. The van der Waals surface area contributed by atoms with Gasteiger partial charge in [-0.15, -0.1) is 0 Å². The number of nitrogens with zero attached hydrogens (tertiary/aromatic N) is 3. The second kappa shape index (κ2) is 6.95. The summed E-state index contributed by atoms with van der Waals surface area (Å²) in [7, 11) is 0. The van der Waals surface area contributed by atoms with Crippen molar-refractivity contribution in [2.45, 2.75) is 0 Å². The monoisotopic (exact) mass is 401 g/mol. The van der Waals surface area contributed by atoms with Crippen molar-refractivity contribution in [1.29, 1.82) is 10.5 Å². The van der Waals surface area contributed by atoms with Crippen LogP contribution in [0, 0.1) is 22.7 Å². The zero-order chi connectivity index (χ0) is 21.5. The molecule has 5 aromatic rings. The van der Waals surface area contributed by atoms with E-state index >= 15 is 0 Å². The van der Waals surface area contributed by atoms with Crippen LogP contribution in [0.1, 0.15) is 11.1 Å². The van der Waals surface area contributed by atoms with Gasteiger partial charge in [0.15, 0.2) is 0 Å². The van der Waals surface area contributed by atoms with Crippen LogP contribution in [-0.4, -0.2) is 14.8 Å². The molecule has 0 aliphatic rings. The van der Waals surface area contributed by atoms with Crippen LogP contribution in [0.25, 0.3) is 38.6 Å². The molecule has 0 fully saturated rings. The summed E-state index contributed by atoms with van der Waals surface area (Å²) < 4.78 is 2.08. The predicted molar refractivity (Wildman–Crippen MR) is 119 cm³/mol. The van der Waals surface area contributed by atoms with Gasteiger partial charge in [-0.25, -0.2) is 0 Å². The van der Waals surface area contributed by atoms with E-state index in [-0.39, 0.29) is 28.2 Å². The van der Waals surface area contributed by atoms with Crippen LogP contribution in [0.2, 0.25) is 0 Å². The van der Waals surface area contributed by atoms with E-state index in [2.05, 4.69) is 16.7 Å². The van der Waals surface area contributed by atoms with Crippen LogP contribution < -0.4 is 0 Å². The molecule has 31 heavy (non-hydrogen) atoms. The van der Waals surface area contributed by atoms with Gasteiger partial charge in [0.25, 0.3) is 0 Å².